The summed E-state index contributed by atoms with van der Waals surface area (Å²) in [5, 5.41) is 13.0. The number of benzene rings is 2. The molecule has 0 aliphatic heterocycles. The third-order valence-electron chi connectivity index (χ3n) is 4.41. The molecular formula is C21H26FIN6O2S. The molecule has 0 radical (unpaired) electrons. The predicted octanol–water partition coefficient (Wildman–Crippen LogP) is 3.03. The van der Waals surface area contributed by atoms with E-state index in [0.29, 0.717) is 36.0 Å². The van der Waals surface area contributed by atoms with Crippen molar-refractivity contribution in [1.29, 1.82) is 0 Å². The molecule has 2 aromatic carbocycles. The lowest BCUT2D eigenvalue weighted by atomic mass is 10.1. The monoisotopic (exact) mass is 572 g/mol. The molecule has 0 saturated heterocycles. The Labute approximate surface area is 204 Å². The summed E-state index contributed by atoms with van der Waals surface area (Å²) in [6.45, 7) is 3.24. The zero-order chi connectivity index (χ0) is 22.3. The molecule has 3 aromatic rings. The number of nitrogens with one attached hydrogen (secondary N) is 3. The quantitative estimate of drug-likeness (QED) is 0.218. The first-order valence-electron chi connectivity index (χ1n) is 9.76. The summed E-state index contributed by atoms with van der Waals surface area (Å²) in [5.41, 5.74) is 3.03. The Kier molecular flexibility index (Phi) is 9.57. The molecule has 0 aliphatic rings. The van der Waals surface area contributed by atoms with Crippen molar-refractivity contribution >= 4 is 39.8 Å². The fraction of sp³-hybridized carbons (Fsp3) is 0.286. The standard InChI is InChI=1S/C21H25FN6O2S.HI/c1-3-23-21(24-11-15-5-4-6-16(9-15)20-26-14-27-28-20)25-12-18-10-19(22)8-7-17(18)13-31(2,29)30;/h4-10,14H,3,11-13H2,1-2H3,(H2,23,24,25)(H,26,27,28);1H. The van der Waals surface area contributed by atoms with E-state index in [1.54, 1.807) is 0 Å². The molecule has 0 amide bonds. The fourth-order valence-electron chi connectivity index (χ4n) is 3.03. The molecule has 0 atom stereocenters. The summed E-state index contributed by atoms with van der Waals surface area (Å²) in [7, 11) is -3.24. The Morgan fingerprint density at radius 2 is 1.97 bits per heavy atom. The van der Waals surface area contributed by atoms with Crippen LogP contribution in [0.1, 0.15) is 23.6 Å². The summed E-state index contributed by atoms with van der Waals surface area (Å²) >= 11 is 0. The third-order valence-corrected chi connectivity index (χ3v) is 5.25. The number of hydrogen-bond acceptors (Lipinski definition) is 5. The Balaban J connectivity index is 0.00000363. The molecule has 0 spiro atoms. The number of guanidine groups is 1. The average Bonchev–Trinajstić information content (AvgIpc) is 3.26. The van der Waals surface area contributed by atoms with Gasteiger partial charge in [-0.2, -0.15) is 5.10 Å². The van der Waals surface area contributed by atoms with Crippen molar-refractivity contribution in [2.45, 2.75) is 25.8 Å². The van der Waals surface area contributed by atoms with Gasteiger partial charge in [-0.25, -0.2) is 22.8 Å². The number of hydrogen-bond donors (Lipinski definition) is 3. The van der Waals surface area contributed by atoms with Crippen LogP contribution in [0.3, 0.4) is 0 Å². The zero-order valence-corrected chi connectivity index (χ0v) is 20.9. The highest BCUT2D eigenvalue weighted by Gasteiger charge is 2.11. The van der Waals surface area contributed by atoms with Gasteiger partial charge in [-0.15, -0.1) is 24.0 Å². The highest BCUT2D eigenvalue weighted by Crippen LogP contribution is 2.16. The molecule has 1 heterocycles. The number of aliphatic imine (C=N–C) groups is 1. The van der Waals surface area contributed by atoms with E-state index in [-0.39, 0.29) is 36.3 Å². The maximum atomic E-state index is 13.7. The number of halogens is 2. The second-order valence-corrected chi connectivity index (χ2v) is 9.21. The van der Waals surface area contributed by atoms with Gasteiger partial charge in [0.25, 0.3) is 0 Å². The Morgan fingerprint density at radius 3 is 2.66 bits per heavy atom. The summed E-state index contributed by atoms with van der Waals surface area (Å²) < 4.78 is 37.1. The van der Waals surface area contributed by atoms with Crippen molar-refractivity contribution < 1.29 is 12.8 Å². The van der Waals surface area contributed by atoms with Crippen LogP contribution in [-0.2, 0) is 28.7 Å². The minimum absolute atomic E-state index is 0. The summed E-state index contributed by atoms with van der Waals surface area (Å²) in [5.74, 6) is 0.662. The van der Waals surface area contributed by atoms with Gasteiger partial charge >= 0.3 is 0 Å². The van der Waals surface area contributed by atoms with Crippen molar-refractivity contribution in [3.05, 3.63) is 71.3 Å². The minimum Gasteiger partial charge on any atom is -0.357 e. The molecule has 32 heavy (non-hydrogen) atoms. The zero-order valence-electron chi connectivity index (χ0n) is 17.8. The van der Waals surface area contributed by atoms with Gasteiger partial charge in [-0.3, -0.25) is 5.10 Å². The maximum absolute atomic E-state index is 13.7. The SMILES string of the molecule is CCNC(=NCc1cccc(-c2ncn[nH]2)c1)NCc1cc(F)ccc1CS(C)(=O)=O.I. The first-order valence-corrected chi connectivity index (χ1v) is 11.8. The van der Waals surface area contributed by atoms with Gasteiger partial charge in [0.1, 0.15) is 12.1 Å². The summed E-state index contributed by atoms with van der Waals surface area (Å²) in [4.78, 5) is 8.74. The molecule has 3 rings (SSSR count). The first kappa shape index (κ1) is 25.7. The Bertz CT molecular complexity index is 1150. The average molecular weight is 572 g/mol. The third kappa shape index (κ3) is 7.86. The molecule has 11 heteroatoms. The van der Waals surface area contributed by atoms with Crippen molar-refractivity contribution in [2.75, 3.05) is 12.8 Å². The molecule has 0 aliphatic carbocycles. The lowest BCUT2D eigenvalue weighted by Crippen LogP contribution is -2.37. The summed E-state index contributed by atoms with van der Waals surface area (Å²) in [6, 6.07) is 11.9. The topological polar surface area (TPSA) is 112 Å². The number of rotatable bonds is 8. The van der Waals surface area contributed by atoms with Crippen molar-refractivity contribution in [1.82, 2.24) is 25.8 Å². The fourth-order valence-corrected chi connectivity index (χ4v) is 3.88. The van der Waals surface area contributed by atoms with Gasteiger partial charge in [0.15, 0.2) is 21.6 Å². The molecule has 0 unspecified atom stereocenters. The van der Waals surface area contributed by atoms with Crippen LogP contribution in [0, 0.1) is 5.82 Å². The minimum atomic E-state index is -3.24. The number of sulfone groups is 1. The van der Waals surface area contributed by atoms with Gasteiger partial charge in [-0.1, -0.05) is 24.3 Å². The van der Waals surface area contributed by atoms with Crippen molar-refractivity contribution in [3.8, 4) is 11.4 Å². The molecule has 0 bridgehead atoms. The van der Waals surface area contributed by atoms with E-state index in [9.17, 15) is 12.8 Å². The van der Waals surface area contributed by atoms with E-state index in [1.165, 1.54) is 24.5 Å². The number of aromatic amines is 1. The van der Waals surface area contributed by atoms with Crippen LogP contribution < -0.4 is 10.6 Å². The van der Waals surface area contributed by atoms with E-state index >= 15 is 0 Å². The van der Waals surface area contributed by atoms with Crippen LogP contribution in [0.4, 0.5) is 4.39 Å². The van der Waals surface area contributed by atoms with Crippen LogP contribution in [-0.4, -0.2) is 42.4 Å². The number of nitrogens with zero attached hydrogens (tertiary/aromatic N) is 3. The molecule has 0 saturated carbocycles. The second-order valence-electron chi connectivity index (χ2n) is 7.07. The molecule has 172 valence electrons. The highest BCUT2D eigenvalue weighted by molar-refractivity contribution is 14.0. The second kappa shape index (κ2) is 11.9. The molecule has 0 fully saturated rings. The molecule has 3 N–H and O–H groups in total. The van der Waals surface area contributed by atoms with Crippen LogP contribution in [0.2, 0.25) is 0 Å². The maximum Gasteiger partial charge on any atom is 0.191 e. The van der Waals surface area contributed by atoms with Crippen LogP contribution in [0.25, 0.3) is 11.4 Å². The van der Waals surface area contributed by atoms with Crippen molar-refractivity contribution in [3.63, 3.8) is 0 Å². The van der Waals surface area contributed by atoms with Crippen LogP contribution >= 0.6 is 24.0 Å². The van der Waals surface area contributed by atoms with Gasteiger partial charge in [0, 0.05) is 24.9 Å². The summed E-state index contributed by atoms with van der Waals surface area (Å²) in [6.07, 6.45) is 2.61. The Morgan fingerprint density at radius 1 is 1.16 bits per heavy atom. The number of H-pyrrole nitrogens is 1. The largest absolute Gasteiger partial charge is 0.357 e. The van der Waals surface area contributed by atoms with Crippen molar-refractivity contribution in [2.24, 2.45) is 4.99 Å². The normalized spacial score (nSPS) is 11.7. The van der Waals surface area contributed by atoms with Crippen LogP contribution in [0.15, 0.2) is 53.8 Å². The van der Waals surface area contributed by atoms with Gasteiger partial charge in [0.05, 0.1) is 12.3 Å². The molecule has 1 aromatic heterocycles. The van der Waals surface area contributed by atoms with E-state index in [4.69, 9.17) is 0 Å². The van der Waals surface area contributed by atoms with Gasteiger partial charge in [-0.05, 0) is 41.8 Å². The van der Waals surface area contributed by atoms with Crippen LogP contribution in [0.5, 0.6) is 0 Å². The van der Waals surface area contributed by atoms with E-state index in [2.05, 4.69) is 30.8 Å². The van der Waals surface area contributed by atoms with Gasteiger partial charge in [0.2, 0.25) is 0 Å². The first-order chi connectivity index (χ1) is 14.8. The van der Waals surface area contributed by atoms with Gasteiger partial charge < -0.3 is 10.6 Å². The predicted molar refractivity (Wildman–Crippen MR) is 134 cm³/mol. The van der Waals surface area contributed by atoms with E-state index < -0.39 is 15.7 Å². The number of aromatic nitrogens is 3. The molecular weight excluding hydrogens is 546 g/mol. The van der Waals surface area contributed by atoms with E-state index in [1.807, 2.05) is 31.2 Å². The van der Waals surface area contributed by atoms with E-state index in [0.717, 1.165) is 17.4 Å². The smallest absolute Gasteiger partial charge is 0.191 e. The Hall–Kier alpha value is -2.54. The highest BCUT2D eigenvalue weighted by atomic mass is 127. The lowest BCUT2D eigenvalue weighted by molar-refractivity contribution is 0.599. The lowest BCUT2D eigenvalue weighted by Gasteiger charge is -2.14. The molecule has 8 nitrogen and oxygen atoms in total.